The second-order valence-corrected chi connectivity index (χ2v) is 7.15. The summed E-state index contributed by atoms with van der Waals surface area (Å²) in [5, 5.41) is 8.84. The van der Waals surface area contributed by atoms with E-state index in [1.54, 1.807) is 0 Å². The van der Waals surface area contributed by atoms with Crippen LogP contribution in [0.15, 0.2) is 0 Å². The Kier molecular flexibility index (Phi) is 3.73. The second kappa shape index (κ2) is 4.94. The summed E-state index contributed by atoms with van der Waals surface area (Å²) in [7, 11) is -3.15. The fourth-order valence-corrected chi connectivity index (χ4v) is 3.89. The van der Waals surface area contributed by atoms with Gasteiger partial charge in [0.1, 0.15) is 0 Å². The molecular weight excluding hydrogens is 242 g/mol. The molecule has 1 saturated carbocycles. The van der Waals surface area contributed by atoms with Crippen LogP contribution in [0, 0.1) is 11.8 Å². The van der Waals surface area contributed by atoms with Crippen LogP contribution in [0.3, 0.4) is 0 Å². The number of carboxylic acids is 1. The van der Waals surface area contributed by atoms with Crippen molar-refractivity contribution in [2.24, 2.45) is 11.8 Å². The fraction of sp³-hybridized carbons (Fsp3) is 0.909. The number of hydrogen-bond donors (Lipinski definition) is 1. The molecule has 2 fully saturated rings. The van der Waals surface area contributed by atoms with Crippen molar-refractivity contribution >= 4 is 16.0 Å². The highest BCUT2D eigenvalue weighted by Crippen LogP contribution is 2.33. The molecule has 17 heavy (non-hydrogen) atoms. The summed E-state index contributed by atoms with van der Waals surface area (Å²) in [6.45, 7) is 0.730. The number of aliphatic carboxylic acids is 1. The van der Waals surface area contributed by atoms with Gasteiger partial charge in [0, 0.05) is 13.1 Å². The van der Waals surface area contributed by atoms with Gasteiger partial charge in [0.2, 0.25) is 10.0 Å². The Balaban J connectivity index is 1.83. The summed E-state index contributed by atoms with van der Waals surface area (Å²) in [4.78, 5) is 10.8. The molecule has 1 heterocycles. The molecule has 2 aliphatic rings. The van der Waals surface area contributed by atoms with Crippen LogP contribution in [0.4, 0.5) is 0 Å². The van der Waals surface area contributed by atoms with E-state index in [0.29, 0.717) is 31.8 Å². The van der Waals surface area contributed by atoms with Crippen molar-refractivity contribution in [3.05, 3.63) is 0 Å². The van der Waals surface area contributed by atoms with Gasteiger partial charge in [-0.15, -0.1) is 0 Å². The van der Waals surface area contributed by atoms with Crippen molar-refractivity contribution < 1.29 is 18.3 Å². The molecular formula is C11H19NO4S. The molecule has 0 aromatic carbocycles. The first kappa shape index (κ1) is 12.8. The predicted molar refractivity (Wildman–Crippen MR) is 63.1 cm³/mol. The minimum absolute atomic E-state index is 0.232. The molecule has 2 rings (SSSR count). The van der Waals surface area contributed by atoms with Crippen molar-refractivity contribution in [3.8, 4) is 0 Å². The van der Waals surface area contributed by atoms with E-state index in [-0.39, 0.29) is 11.7 Å². The second-order valence-electron chi connectivity index (χ2n) is 5.06. The van der Waals surface area contributed by atoms with E-state index in [0.717, 1.165) is 19.3 Å². The molecule has 6 heteroatoms. The lowest BCUT2D eigenvalue weighted by atomic mass is 9.99. The van der Waals surface area contributed by atoms with E-state index in [1.165, 1.54) is 4.31 Å². The van der Waals surface area contributed by atoms with Crippen LogP contribution in [-0.2, 0) is 14.8 Å². The van der Waals surface area contributed by atoms with Gasteiger partial charge in [-0.1, -0.05) is 12.8 Å². The summed E-state index contributed by atoms with van der Waals surface area (Å²) < 4.78 is 25.4. The zero-order valence-electron chi connectivity index (χ0n) is 9.84. The van der Waals surface area contributed by atoms with Gasteiger partial charge in [-0.3, -0.25) is 4.79 Å². The molecule has 0 spiro atoms. The molecule has 1 N–H and O–H groups in total. The van der Waals surface area contributed by atoms with Crippen LogP contribution in [0.25, 0.3) is 0 Å². The quantitative estimate of drug-likeness (QED) is 0.798. The van der Waals surface area contributed by atoms with E-state index in [2.05, 4.69) is 0 Å². The molecule has 0 radical (unpaired) electrons. The third-order valence-corrected chi connectivity index (χ3v) is 5.58. The number of carboxylic acid groups (broad SMARTS) is 1. The highest BCUT2D eigenvalue weighted by atomic mass is 32.2. The number of rotatable bonds is 5. The maximum atomic E-state index is 12.0. The first-order valence-corrected chi connectivity index (χ1v) is 7.80. The number of sulfonamides is 1. The van der Waals surface area contributed by atoms with E-state index < -0.39 is 16.0 Å². The average molecular weight is 261 g/mol. The predicted octanol–water partition coefficient (Wildman–Crippen LogP) is 0.913. The highest BCUT2D eigenvalue weighted by Gasteiger charge is 2.32. The Morgan fingerprint density at radius 3 is 2.24 bits per heavy atom. The monoisotopic (exact) mass is 261 g/mol. The first-order chi connectivity index (χ1) is 7.99. The van der Waals surface area contributed by atoms with Crippen molar-refractivity contribution in [1.82, 2.24) is 4.31 Å². The lowest BCUT2D eigenvalue weighted by Gasteiger charge is -2.29. The molecule has 0 aromatic heterocycles. The lowest BCUT2D eigenvalue weighted by Crippen LogP contribution is -2.41. The molecule has 0 unspecified atom stereocenters. The molecule has 0 atom stereocenters. The Morgan fingerprint density at radius 1 is 1.18 bits per heavy atom. The minimum Gasteiger partial charge on any atom is -0.481 e. The average Bonchev–Trinajstić information content (AvgIpc) is 3.10. The van der Waals surface area contributed by atoms with E-state index in [9.17, 15) is 13.2 Å². The SMILES string of the molecule is O=C(O)C1CCN(S(=O)(=O)CCC2CC2)CC1. The van der Waals surface area contributed by atoms with Crippen LogP contribution >= 0.6 is 0 Å². The normalized spacial score (nSPS) is 23.8. The van der Waals surface area contributed by atoms with Gasteiger partial charge in [0.15, 0.2) is 0 Å². The van der Waals surface area contributed by atoms with Crippen LogP contribution in [0.5, 0.6) is 0 Å². The van der Waals surface area contributed by atoms with Crippen LogP contribution in [0.2, 0.25) is 0 Å². The summed E-state index contributed by atoms with van der Waals surface area (Å²) in [6, 6.07) is 0. The standard InChI is InChI=1S/C11H19NO4S/c13-11(14)10-3-6-12(7-4-10)17(15,16)8-5-9-1-2-9/h9-10H,1-8H2,(H,13,14). The van der Waals surface area contributed by atoms with Gasteiger partial charge >= 0.3 is 5.97 Å². The van der Waals surface area contributed by atoms with Crippen LogP contribution in [0.1, 0.15) is 32.1 Å². The lowest BCUT2D eigenvalue weighted by molar-refractivity contribution is -0.142. The largest absolute Gasteiger partial charge is 0.481 e. The zero-order valence-corrected chi connectivity index (χ0v) is 10.7. The highest BCUT2D eigenvalue weighted by molar-refractivity contribution is 7.89. The number of piperidine rings is 1. The summed E-state index contributed by atoms with van der Waals surface area (Å²) in [5.41, 5.74) is 0. The smallest absolute Gasteiger partial charge is 0.306 e. The Bertz CT molecular complexity index is 380. The topological polar surface area (TPSA) is 74.7 Å². The van der Waals surface area contributed by atoms with Crippen LogP contribution in [-0.4, -0.2) is 42.6 Å². The number of carbonyl (C=O) groups is 1. The maximum Gasteiger partial charge on any atom is 0.306 e. The number of nitrogens with zero attached hydrogens (tertiary/aromatic N) is 1. The zero-order chi connectivity index (χ0) is 12.5. The minimum atomic E-state index is -3.15. The van der Waals surface area contributed by atoms with E-state index in [4.69, 9.17) is 5.11 Å². The van der Waals surface area contributed by atoms with Crippen molar-refractivity contribution in [2.75, 3.05) is 18.8 Å². The van der Waals surface area contributed by atoms with Gasteiger partial charge in [0.25, 0.3) is 0 Å². The van der Waals surface area contributed by atoms with E-state index >= 15 is 0 Å². The molecule has 98 valence electrons. The van der Waals surface area contributed by atoms with Gasteiger partial charge in [-0.2, -0.15) is 0 Å². The van der Waals surface area contributed by atoms with Gasteiger partial charge in [0.05, 0.1) is 11.7 Å². The molecule has 1 saturated heterocycles. The number of hydrogen-bond acceptors (Lipinski definition) is 3. The Labute approximate surface area is 102 Å². The third-order valence-electron chi connectivity index (χ3n) is 3.68. The maximum absolute atomic E-state index is 12.0. The molecule has 0 aromatic rings. The molecule has 0 amide bonds. The molecule has 5 nitrogen and oxygen atoms in total. The summed E-state index contributed by atoms with van der Waals surface area (Å²) in [5.74, 6) is -0.332. The van der Waals surface area contributed by atoms with Gasteiger partial charge < -0.3 is 5.11 Å². The van der Waals surface area contributed by atoms with Crippen molar-refractivity contribution in [3.63, 3.8) is 0 Å². The van der Waals surface area contributed by atoms with Crippen LogP contribution < -0.4 is 0 Å². The summed E-state index contributed by atoms with van der Waals surface area (Å²) >= 11 is 0. The molecule has 1 aliphatic heterocycles. The van der Waals surface area contributed by atoms with Gasteiger partial charge in [-0.05, 0) is 25.2 Å². The van der Waals surface area contributed by atoms with Crippen molar-refractivity contribution in [2.45, 2.75) is 32.1 Å². The Morgan fingerprint density at radius 2 is 1.76 bits per heavy atom. The van der Waals surface area contributed by atoms with E-state index in [1.807, 2.05) is 0 Å². The first-order valence-electron chi connectivity index (χ1n) is 6.19. The Hall–Kier alpha value is -0.620. The molecule has 0 bridgehead atoms. The molecule has 1 aliphatic carbocycles. The summed E-state index contributed by atoms with van der Waals surface area (Å²) in [6.07, 6.45) is 3.98. The van der Waals surface area contributed by atoms with Crippen molar-refractivity contribution in [1.29, 1.82) is 0 Å². The van der Waals surface area contributed by atoms with Gasteiger partial charge in [-0.25, -0.2) is 12.7 Å². The fourth-order valence-electron chi connectivity index (χ4n) is 2.23. The third kappa shape index (κ3) is 3.42.